The van der Waals surface area contributed by atoms with E-state index in [4.69, 9.17) is 20.2 Å². The van der Waals surface area contributed by atoms with E-state index in [1.54, 1.807) is 0 Å². The zero-order valence-corrected chi connectivity index (χ0v) is 14.4. The van der Waals surface area contributed by atoms with Crippen LogP contribution in [0.5, 0.6) is 0 Å². The summed E-state index contributed by atoms with van der Waals surface area (Å²) in [6.45, 7) is 3.70. The number of hydrogen-bond donors (Lipinski definition) is 0. The molecule has 1 aromatic rings. The Bertz CT molecular complexity index is 633. The molecule has 0 amide bonds. The summed E-state index contributed by atoms with van der Waals surface area (Å²) in [5, 5.41) is 0. The number of esters is 1. The molecule has 5 nitrogen and oxygen atoms in total. The van der Waals surface area contributed by atoms with E-state index in [1.807, 2.05) is 13.8 Å². The Balaban J connectivity index is 2.93. The Morgan fingerprint density at radius 1 is 1.38 bits per heavy atom. The van der Waals surface area contributed by atoms with Crippen molar-refractivity contribution < 1.29 is 27.1 Å². The van der Waals surface area contributed by atoms with Crippen LogP contribution in [0.15, 0.2) is 21.5 Å². The van der Waals surface area contributed by atoms with Crippen LogP contribution in [0.25, 0.3) is 0 Å². The number of ether oxygens (including phenoxy) is 2. The maximum absolute atomic E-state index is 14.0. The summed E-state index contributed by atoms with van der Waals surface area (Å²) in [6, 6.07) is 2.09. The molecule has 0 aliphatic carbocycles. The largest absolute Gasteiger partial charge is 0.460 e. The lowest BCUT2D eigenvalue weighted by molar-refractivity contribution is 0.0173. The molecule has 0 aliphatic rings. The third kappa shape index (κ3) is 5.54. The van der Waals surface area contributed by atoms with Crippen LogP contribution in [0, 0.1) is 5.82 Å². The molecule has 0 unspecified atom stereocenters. The Kier molecular flexibility index (Phi) is 6.58. The zero-order chi connectivity index (χ0) is 16.2. The quantitative estimate of drug-likeness (QED) is 0.415. The molecule has 118 valence electrons. The highest BCUT2D eigenvalue weighted by Gasteiger charge is 2.24. The van der Waals surface area contributed by atoms with E-state index in [2.05, 4.69) is 15.9 Å². The first-order chi connectivity index (χ1) is 9.62. The molecule has 0 radical (unpaired) electrons. The third-order valence-electron chi connectivity index (χ3n) is 2.25. The van der Waals surface area contributed by atoms with Crippen LogP contribution in [-0.2, 0) is 18.5 Å². The van der Waals surface area contributed by atoms with E-state index in [-0.39, 0.29) is 23.8 Å². The average molecular weight is 404 g/mol. The van der Waals surface area contributed by atoms with Crippen molar-refractivity contribution in [2.45, 2.75) is 24.8 Å². The fourth-order valence-corrected chi connectivity index (χ4v) is 2.92. The molecule has 1 aromatic carbocycles. The van der Waals surface area contributed by atoms with Gasteiger partial charge >= 0.3 is 5.97 Å². The SMILES string of the molecule is CC(C)OCCOC(=O)c1cc(Br)cc(S(=O)(=O)Cl)c1F. The topological polar surface area (TPSA) is 69.7 Å². The lowest BCUT2D eigenvalue weighted by Crippen LogP contribution is -2.15. The van der Waals surface area contributed by atoms with Gasteiger partial charge in [0.15, 0.2) is 5.82 Å². The van der Waals surface area contributed by atoms with Crippen molar-refractivity contribution in [3.8, 4) is 0 Å². The summed E-state index contributed by atoms with van der Waals surface area (Å²) in [4.78, 5) is 11.0. The Hall–Kier alpha value is -0.700. The van der Waals surface area contributed by atoms with Crippen molar-refractivity contribution in [1.82, 2.24) is 0 Å². The minimum absolute atomic E-state index is 0.0284. The summed E-state index contributed by atoms with van der Waals surface area (Å²) in [5.41, 5.74) is -0.520. The maximum Gasteiger partial charge on any atom is 0.341 e. The first-order valence-corrected chi connectivity index (χ1v) is 8.95. The van der Waals surface area contributed by atoms with E-state index in [0.29, 0.717) is 0 Å². The summed E-state index contributed by atoms with van der Waals surface area (Å²) in [6.07, 6.45) is -0.0284. The number of halogens is 3. The minimum Gasteiger partial charge on any atom is -0.460 e. The van der Waals surface area contributed by atoms with Crippen molar-refractivity contribution in [2.75, 3.05) is 13.2 Å². The fourth-order valence-electron chi connectivity index (χ4n) is 1.39. The predicted octanol–water partition coefficient (Wildman–Crippen LogP) is 3.10. The number of carbonyl (C=O) groups is 1. The first-order valence-electron chi connectivity index (χ1n) is 5.85. The lowest BCUT2D eigenvalue weighted by atomic mass is 10.2. The summed E-state index contributed by atoms with van der Waals surface area (Å²) < 4.78 is 46.7. The van der Waals surface area contributed by atoms with Crippen molar-refractivity contribution >= 4 is 41.6 Å². The molecule has 0 N–H and O–H groups in total. The fraction of sp³-hybridized carbons (Fsp3) is 0.417. The van der Waals surface area contributed by atoms with E-state index < -0.39 is 31.3 Å². The van der Waals surface area contributed by atoms with Crippen LogP contribution >= 0.6 is 26.6 Å². The molecule has 0 aliphatic heterocycles. The molecular formula is C12H13BrClFO5S. The molecule has 0 bridgehead atoms. The summed E-state index contributed by atoms with van der Waals surface area (Å²) in [7, 11) is 0.800. The highest BCUT2D eigenvalue weighted by Crippen LogP contribution is 2.27. The van der Waals surface area contributed by atoms with E-state index in [1.165, 1.54) is 0 Å². The van der Waals surface area contributed by atoms with Gasteiger partial charge in [-0.1, -0.05) is 15.9 Å². The number of rotatable bonds is 6. The lowest BCUT2D eigenvalue weighted by Gasteiger charge is -2.10. The number of carbonyl (C=O) groups excluding carboxylic acids is 1. The zero-order valence-electron chi connectivity index (χ0n) is 11.2. The first kappa shape index (κ1) is 18.3. The van der Waals surface area contributed by atoms with E-state index >= 15 is 0 Å². The van der Waals surface area contributed by atoms with Crippen LogP contribution in [0.2, 0.25) is 0 Å². The molecule has 0 fully saturated rings. The van der Waals surface area contributed by atoms with Crippen LogP contribution in [0.4, 0.5) is 4.39 Å². The normalized spacial score (nSPS) is 11.7. The Morgan fingerprint density at radius 2 is 2.00 bits per heavy atom. The molecule has 21 heavy (non-hydrogen) atoms. The van der Waals surface area contributed by atoms with Crippen molar-refractivity contribution in [3.63, 3.8) is 0 Å². The number of hydrogen-bond acceptors (Lipinski definition) is 5. The van der Waals surface area contributed by atoms with Gasteiger partial charge in [-0.05, 0) is 26.0 Å². The van der Waals surface area contributed by atoms with Gasteiger partial charge in [0.2, 0.25) is 0 Å². The van der Waals surface area contributed by atoms with Crippen LogP contribution in [-0.4, -0.2) is 33.7 Å². The molecule has 1 rings (SSSR count). The Morgan fingerprint density at radius 3 is 2.52 bits per heavy atom. The molecule has 0 spiro atoms. The van der Waals surface area contributed by atoms with Gasteiger partial charge in [0.05, 0.1) is 18.3 Å². The molecule has 9 heteroatoms. The monoisotopic (exact) mass is 402 g/mol. The standard InChI is InChI=1S/C12H13BrClFO5S/c1-7(2)19-3-4-20-12(16)9-5-8(13)6-10(11(9)15)21(14,17)18/h5-7H,3-4H2,1-2H3. The second-order valence-electron chi connectivity index (χ2n) is 4.26. The van der Waals surface area contributed by atoms with Crippen molar-refractivity contribution in [1.29, 1.82) is 0 Å². The molecular weight excluding hydrogens is 391 g/mol. The molecule has 0 heterocycles. The van der Waals surface area contributed by atoms with Gasteiger partial charge in [-0.15, -0.1) is 0 Å². The van der Waals surface area contributed by atoms with Crippen molar-refractivity contribution in [2.24, 2.45) is 0 Å². The van der Waals surface area contributed by atoms with E-state index in [0.717, 1.165) is 12.1 Å². The van der Waals surface area contributed by atoms with Gasteiger partial charge in [0.1, 0.15) is 11.5 Å². The highest BCUT2D eigenvalue weighted by molar-refractivity contribution is 9.10. The van der Waals surface area contributed by atoms with Crippen LogP contribution in [0.1, 0.15) is 24.2 Å². The second kappa shape index (κ2) is 7.53. The maximum atomic E-state index is 14.0. The summed E-state index contributed by atoms with van der Waals surface area (Å²) in [5.74, 6) is -2.24. The molecule has 0 saturated heterocycles. The smallest absolute Gasteiger partial charge is 0.341 e. The minimum atomic E-state index is -4.31. The van der Waals surface area contributed by atoms with Gasteiger partial charge in [0.25, 0.3) is 9.05 Å². The Labute approximate surface area is 134 Å². The molecule has 0 atom stereocenters. The van der Waals surface area contributed by atoms with Gasteiger partial charge in [-0.3, -0.25) is 0 Å². The highest BCUT2D eigenvalue weighted by atomic mass is 79.9. The van der Waals surface area contributed by atoms with Gasteiger partial charge in [0, 0.05) is 15.2 Å². The predicted molar refractivity (Wildman–Crippen MR) is 78.5 cm³/mol. The van der Waals surface area contributed by atoms with Crippen LogP contribution in [0.3, 0.4) is 0 Å². The van der Waals surface area contributed by atoms with Gasteiger partial charge < -0.3 is 9.47 Å². The van der Waals surface area contributed by atoms with Gasteiger partial charge in [-0.2, -0.15) is 0 Å². The van der Waals surface area contributed by atoms with Gasteiger partial charge in [-0.25, -0.2) is 17.6 Å². The van der Waals surface area contributed by atoms with Crippen molar-refractivity contribution in [3.05, 3.63) is 28.0 Å². The van der Waals surface area contributed by atoms with Crippen LogP contribution < -0.4 is 0 Å². The average Bonchev–Trinajstić information content (AvgIpc) is 2.35. The molecule has 0 saturated carbocycles. The third-order valence-corrected chi connectivity index (χ3v) is 4.03. The van der Waals surface area contributed by atoms with E-state index in [9.17, 15) is 17.6 Å². The molecule has 0 aromatic heterocycles. The second-order valence-corrected chi connectivity index (χ2v) is 7.71. The summed E-state index contributed by atoms with van der Waals surface area (Å²) >= 11 is 2.99. The number of benzene rings is 1.